The summed E-state index contributed by atoms with van der Waals surface area (Å²) in [6.45, 7) is 10.7. The first-order chi connectivity index (χ1) is 23.2. The van der Waals surface area contributed by atoms with Gasteiger partial charge in [0.05, 0.1) is 49.2 Å². The van der Waals surface area contributed by atoms with E-state index in [-0.39, 0.29) is 54.5 Å². The van der Waals surface area contributed by atoms with Crippen LogP contribution in [0.3, 0.4) is 0 Å². The van der Waals surface area contributed by atoms with Crippen molar-refractivity contribution < 1.29 is 28.7 Å². The van der Waals surface area contributed by atoms with Gasteiger partial charge in [-0.2, -0.15) is 0 Å². The molecule has 1 aliphatic heterocycles. The molecule has 12 heteroatoms. The van der Waals surface area contributed by atoms with Gasteiger partial charge in [0.25, 0.3) is 0 Å². The van der Waals surface area contributed by atoms with Crippen LogP contribution in [0, 0.1) is 17.8 Å². The summed E-state index contributed by atoms with van der Waals surface area (Å²) in [5.74, 6) is -1.07. The molecule has 3 N–H and O–H groups in total. The minimum absolute atomic E-state index is 0.0267. The predicted octanol–water partition coefficient (Wildman–Crippen LogP) is 2.69. The van der Waals surface area contributed by atoms with E-state index < -0.39 is 30.2 Å². The van der Waals surface area contributed by atoms with Crippen LogP contribution in [0.4, 0.5) is 5.69 Å². The normalized spacial score (nSPS) is 18.3. The summed E-state index contributed by atoms with van der Waals surface area (Å²) in [6, 6.07) is 7.22. The number of amides is 4. The highest BCUT2D eigenvalue weighted by Gasteiger charge is 2.42. The average molecular weight is 689 g/mol. The highest BCUT2D eigenvalue weighted by atomic mass is 16.5. The number of likely N-dealkylation sites (tertiary alicyclic amines) is 1. The zero-order valence-corrected chi connectivity index (χ0v) is 31.9. The van der Waals surface area contributed by atoms with E-state index >= 15 is 0 Å². The van der Waals surface area contributed by atoms with E-state index in [0.29, 0.717) is 19.5 Å². The largest absolute Gasteiger partial charge is 0.379 e. The third-order valence-corrected chi connectivity index (χ3v) is 10.1. The van der Waals surface area contributed by atoms with Crippen molar-refractivity contribution in [3.8, 4) is 0 Å². The van der Waals surface area contributed by atoms with Crippen LogP contribution in [-0.2, 0) is 35.1 Å². The Labute approximate surface area is 295 Å². The number of nitrogens with zero attached hydrogens (tertiary/aromatic N) is 3. The minimum Gasteiger partial charge on any atom is -0.379 e. The number of carbonyl (C=O) groups excluding carboxylic acids is 4. The van der Waals surface area contributed by atoms with Crippen molar-refractivity contribution >= 4 is 29.3 Å². The van der Waals surface area contributed by atoms with Crippen molar-refractivity contribution in [1.82, 2.24) is 25.8 Å². The molecule has 1 aromatic carbocycles. The number of hydrogen-bond donors (Lipinski definition) is 3. The highest BCUT2D eigenvalue weighted by molar-refractivity contribution is 5.87. The fraction of sp³-hybridized carbons (Fsp3) is 0.730. The topological polar surface area (TPSA) is 133 Å². The van der Waals surface area contributed by atoms with E-state index in [2.05, 4.69) is 40.2 Å². The fourth-order valence-electron chi connectivity index (χ4n) is 6.94. The van der Waals surface area contributed by atoms with Gasteiger partial charge in [-0.15, -0.1) is 0 Å². The van der Waals surface area contributed by atoms with Crippen LogP contribution < -0.4 is 20.9 Å². The van der Waals surface area contributed by atoms with Crippen molar-refractivity contribution in [1.29, 1.82) is 0 Å². The predicted molar refractivity (Wildman–Crippen MR) is 194 cm³/mol. The highest BCUT2D eigenvalue weighted by Crippen LogP contribution is 2.29. The molecule has 1 aromatic rings. The Hall–Kier alpha value is -3.22. The van der Waals surface area contributed by atoms with E-state index in [4.69, 9.17) is 9.47 Å². The van der Waals surface area contributed by atoms with Gasteiger partial charge in [0.15, 0.2) is 0 Å². The van der Waals surface area contributed by atoms with Gasteiger partial charge in [-0.1, -0.05) is 53.2 Å². The van der Waals surface area contributed by atoms with E-state index in [0.717, 1.165) is 30.5 Å². The molecule has 4 amide bonds. The summed E-state index contributed by atoms with van der Waals surface area (Å²) < 4.78 is 11.8. The summed E-state index contributed by atoms with van der Waals surface area (Å²) in [7, 11) is 10.6. The summed E-state index contributed by atoms with van der Waals surface area (Å²) in [4.78, 5) is 58.7. The van der Waals surface area contributed by atoms with Crippen molar-refractivity contribution in [3.05, 3.63) is 29.8 Å². The zero-order chi connectivity index (χ0) is 36.8. The van der Waals surface area contributed by atoms with Crippen LogP contribution in [-0.4, -0.2) is 126 Å². The van der Waals surface area contributed by atoms with Crippen LogP contribution in [0.1, 0.15) is 65.9 Å². The van der Waals surface area contributed by atoms with E-state index in [1.165, 1.54) is 0 Å². The Bertz CT molecular complexity index is 1190. The molecule has 1 fully saturated rings. The lowest BCUT2D eigenvalue weighted by atomic mass is 9.90. The zero-order valence-electron chi connectivity index (χ0n) is 31.9. The molecule has 1 heterocycles. The molecule has 0 aliphatic carbocycles. The average Bonchev–Trinajstić information content (AvgIpc) is 3.56. The maximum absolute atomic E-state index is 13.9. The Morgan fingerprint density at radius 1 is 0.959 bits per heavy atom. The molecule has 0 bridgehead atoms. The molecule has 0 radical (unpaired) electrons. The standard InChI is InChI=1S/C37H64N6O6/c1-12-25(4)34(42(9)32(45)23-40-37(47)33(38-6)24(2)3)30(48-10)22-31(44)43-21-13-14-29(43)35(49-11)26(5)36(46)39-20-19-27-15-17-28(18-16-27)41(7)8/h15-18,24-26,29-30,33-35,38H,12-14,19-23H2,1-11H3,(H,39,46)(H,40,47). The lowest BCUT2D eigenvalue weighted by molar-refractivity contribution is -0.145. The molecule has 2 rings (SSSR count). The number of nitrogens with one attached hydrogen (secondary N) is 3. The van der Waals surface area contributed by atoms with E-state index in [1.54, 1.807) is 33.2 Å². The summed E-state index contributed by atoms with van der Waals surface area (Å²) in [5, 5.41) is 8.82. The second-order valence-electron chi connectivity index (χ2n) is 14.0. The fourth-order valence-corrected chi connectivity index (χ4v) is 6.94. The number of ether oxygens (including phenoxy) is 2. The molecule has 12 nitrogen and oxygen atoms in total. The van der Waals surface area contributed by atoms with Gasteiger partial charge in [-0.25, -0.2) is 0 Å². The number of methoxy groups -OCH3 is 2. The van der Waals surface area contributed by atoms with E-state index in [1.807, 2.05) is 58.5 Å². The molecule has 0 aromatic heterocycles. The minimum atomic E-state index is -0.567. The molecule has 0 spiro atoms. The van der Waals surface area contributed by atoms with Gasteiger partial charge >= 0.3 is 0 Å². The molecule has 0 saturated carbocycles. The van der Waals surface area contributed by atoms with Crippen molar-refractivity contribution in [2.24, 2.45) is 17.8 Å². The van der Waals surface area contributed by atoms with Gasteiger partial charge in [0.1, 0.15) is 0 Å². The number of likely N-dealkylation sites (N-methyl/N-ethyl adjacent to an activating group) is 2. The second-order valence-corrected chi connectivity index (χ2v) is 14.0. The Morgan fingerprint density at radius 3 is 2.14 bits per heavy atom. The number of anilines is 1. The SMILES string of the molecule is CCC(C)C(C(CC(=O)N1CCCC1C(OC)C(C)C(=O)NCCc1ccc(N(C)C)cc1)OC)N(C)C(=O)CNC(=O)C(NC)C(C)C. The van der Waals surface area contributed by atoms with Crippen molar-refractivity contribution in [2.75, 3.05) is 66.9 Å². The first-order valence-corrected chi connectivity index (χ1v) is 17.8. The third-order valence-electron chi connectivity index (χ3n) is 10.1. The maximum Gasteiger partial charge on any atom is 0.242 e. The van der Waals surface area contributed by atoms with Crippen molar-refractivity contribution in [3.63, 3.8) is 0 Å². The first-order valence-electron chi connectivity index (χ1n) is 17.8. The van der Waals surface area contributed by atoms with Crippen LogP contribution in [0.15, 0.2) is 24.3 Å². The van der Waals surface area contributed by atoms with E-state index in [9.17, 15) is 19.2 Å². The maximum atomic E-state index is 13.9. The third kappa shape index (κ3) is 11.7. The molecule has 49 heavy (non-hydrogen) atoms. The lowest BCUT2D eigenvalue weighted by Gasteiger charge is -2.39. The molecule has 7 unspecified atom stereocenters. The Morgan fingerprint density at radius 2 is 1.61 bits per heavy atom. The number of benzene rings is 1. The smallest absolute Gasteiger partial charge is 0.242 e. The molecule has 1 saturated heterocycles. The van der Waals surface area contributed by atoms with Gasteiger partial charge in [0, 0.05) is 54.1 Å². The van der Waals surface area contributed by atoms with Crippen LogP contribution >= 0.6 is 0 Å². The summed E-state index contributed by atoms with van der Waals surface area (Å²) in [5.41, 5.74) is 2.27. The number of rotatable bonds is 20. The van der Waals surface area contributed by atoms with Crippen LogP contribution in [0.2, 0.25) is 0 Å². The Kier molecular flexibility index (Phi) is 17.5. The van der Waals surface area contributed by atoms with Crippen LogP contribution in [0.5, 0.6) is 0 Å². The van der Waals surface area contributed by atoms with Gasteiger partial charge in [0.2, 0.25) is 23.6 Å². The quantitative estimate of drug-likeness (QED) is 0.191. The lowest BCUT2D eigenvalue weighted by Crippen LogP contribution is -2.55. The summed E-state index contributed by atoms with van der Waals surface area (Å²) in [6.07, 6.45) is 2.05. The molecule has 1 aliphatic rings. The van der Waals surface area contributed by atoms with Gasteiger partial charge < -0.3 is 40.1 Å². The molecular weight excluding hydrogens is 624 g/mol. The van der Waals surface area contributed by atoms with Gasteiger partial charge in [-0.3, -0.25) is 19.2 Å². The Balaban J connectivity index is 2.08. The number of carbonyl (C=O) groups is 4. The van der Waals surface area contributed by atoms with Gasteiger partial charge in [-0.05, 0) is 55.8 Å². The number of hydrogen-bond acceptors (Lipinski definition) is 8. The summed E-state index contributed by atoms with van der Waals surface area (Å²) >= 11 is 0. The monoisotopic (exact) mass is 688 g/mol. The molecule has 278 valence electrons. The van der Waals surface area contributed by atoms with Crippen molar-refractivity contribution in [2.45, 2.75) is 97.1 Å². The first kappa shape index (κ1) is 41.9. The molecule has 7 atom stereocenters. The van der Waals surface area contributed by atoms with Crippen LogP contribution in [0.25, 0.3) is 0 Å². The molecular formula is C37H64N6O6. The second kappa shape index (κ2) is 20.5.